The molecule has 0 spiro atoms. The predicted octanol–water partition coefficient (Wildman–Crippen LogP) is 1.01. The molecule has 16 heavy (non-hydrogen) atoms. The number of aliphatic carboxylic acids is 1. The number of carboxylic acid groups (broad SMARTS) is 1. The maximum atomic E-state index is 11.7. The summed E-state index contributed by atoms with van der Waals surface area (Å²) >= 11 is 0. The summed E-state index contributed by atoms with van der Waals surface area (Å²) in [4.78, 5) is 22.9. The largest absolute Gasteiger partial charge is 0.481 e. The molecule has 3 fully saturated rings. The zero-order chi connectivity index (χ0) is 11.3. The second-order valence-corrected chi connectivity index (χ2v) is 5.51. The molecule has 0 radical (unpaired) electrons. The van der Waals surface area contributed by atoms with Gasteiger partial charge in [-0.1, -0.05) is 0 Å². The van der Waals surface area contributed by atoms with Crippen molar-refractivity contribution in [3.8, 4) is 0 Å². The van der Waals surface area contributed by atoms with Gasteiger partial charge >= 0.3 is 5.97 Å². The van der Waals surface area contributed by atoms with Crippen molar-refractivity contribution in [1.29, 1.82) is 0 Å². The molecule has 0 aromatic heterocycles. The lowest BCUT2D eigenvalue weighted by molar-refractivity contribution is -0.144. The first-order valence-electron chi connectivity index (χ1n) is 6.20. The van der Waals surface area contributed by atoms with Crippen molar-refractivity contribution in [1.82, 2.24) is 5.32 Å². The zero-order valence-corrected chi connectivity index (χ0v) is 9.19. The number of carboxylic acids is 1. The van der Waals surface area contributed by atoms with E-state index in [-0.39, 0.29) is 23.8 Å². The van der Waals surface area contributed by atoms with Crippen LogP contribution in [0.3, 0.4) is 0 Å². The molecule has 2 bridgehead atoms. The molecule has 88 valence electrons. The van der Waals surface area contributed by atoms with E-state index in [4.69, 9.17) is 0 Å². The predicted molar refractivity (Wildman–Crippen MR) is 56.6 cm³/mol. The number of fused-ring (bicyclic) bond motifs is 2. The van der Waals surface area contributed by atoms with E-state index < -0.39 is 5.97 Å². The van der Waals surface area contributed by atoms with Crippen molar-refractivity contribution < 1.29 is 14.7 Å². The van der Waals surface area contributed by atoms with E-state index in [0.717, 1.165) is 32.1 Å². The van der Waals surface area contributed by atoms with Crippen molar-refractivity contribution in [2.75, 3.05) is 0 Å². The summed E-state index contributed by atoms with van der Waals surface area (Å²) < 4.78 is 0. The number of carbonyl (C=O) groups is 2. The van der Waals surface area contributed by atoms with Gasteiger partial charge in [-0.2, -0.15) is 0 Å². The fraction of sp³-hybridized carbons (Fsp3) is 0.833. The molecule has 0 aromatic carbocycles. The van der Waals surface area contributed by atoms with Gasteiger partial charge in [0.15, 0.2) is 0 Å². The Morgan fingerprint density at radius 2 is 1.75 bits per heavy atom. The van der Waals surface area contributed by atoms with Crippen LogP contribution in [0.1, 0.15) is 32.1 Å². The standard InChI is InChI=1S/C12H17NO3/c14-11(6-1-2-6)13-10-8-4-3-7(5-8)9(10)12(15)16/h6-10H,1-5H2,(H,13,14)(H,15,16). The first-order chi connectivity index (χ1) is 7.66. The quantitative estimate of drug-likeness (QED) is 0.750. The van der Waals surface area contributed by atoms with E-state index in [9.17, 15) is 14.7 Å². The molecule has 2 N–H and O–H groups in total. The Bertz CT molecular complexity index is 337. The van der Waals surface area contributed by atoms with Crippen molar-refractivity contribution in [3.05, 3.63) is 0 Å². The number of hydrogen-bond acceptors (Lipinski definition) is 2. The smallest absolute Gasteiger partial charge is 0.308 e. The van der Waals surface area contributed by atoms with Gasteiger partial charge in [0, 0.05) is 12.0 Å². The van der Waals surface area contributed by atoms with Gasteiger partial charge in [0.2, 0.25) is 5.91 Å². The molecule has 3 rings (SSSR count). The summed E-state index contributed by atoms with van der Waals surface area (Å²) in [5.41, 5.74) is 0. The van der Waals surface area contributed by atoms with Crippen LogP contribution in [-0.4, -0.2) is 23.0 Å². The summed E-state index contributed by atoms with van der Waals surface area (Å²) in [7, 11) is 0. The first kappa shape index (κ1) is 10.1. The lowest BCUT2D eigenvalue weighted by atomic mass is 9.84. The van der Waals surface area contributed by atoms with Gasteiger partial charge in [-0.15, -0.1) is 0 Å². The van der Waals surface area contributed by atoms with Crippen LogP contribution in [0, 0.1) is 23.7 Å². The van der Waals surface area contributed by atoms with E-state index in [2.05, 4.69) is 5.32 Å². The lowest BCUT2D eigenvalue weighted by Crippen LogP contribution is -2.47. The molecule has 4 nitrogen and oxygen atoms in total. The molecule has 3 aliphatic carbocycles. The van der Waals surface area contributed by atoms with Crippen LogP contribution >= 0.6 is 0 Å². The van der Waals surface area contributed by atoms with Gasteiger partial charge in [-0.3, -0.25) is 9.59 Å². The van der Waals surface area contributed by atoms with E-state index in [1.807, 2.05) is 0 Å². The highest BCUT2D eigenvalue weighted by Crippen LogP contribution is 2.48. The fourth-order valence-electron chi connectivity index (χ4n) is 3.48. The van der Waals surface area contributed by atoms with Crippen molar-refractivity contribution in [2.45, 2.75) is 38.1 Å². The Balaban J connectivity index is 1.71. The Labute approximate surface area is 94.4 Å². The summed E-state index contributed by atoms with van der Waals surface area (Å²) in [5, 5.41) is 12.2. The lowest BCUT2D eigenvalue weighted by Gasteiger charge is -2.28. The third-order valence-electron chi connectivity index (χ3n) is 4.46. The Hall–Kier alpha value is -1.06. The minimum atomic E-state index is -0.728. The third-order valence-corrected chi connectivity index (χ3v) is 4.46. The van der Waals surface area contributed by atoms with E-state index in [1.165, 1.54) is 0 Å². The van der Waals surface area contributed by atoms with Crippen LogP contribution in [0.2, 0.25) is 0 Å². The van der Waals surface area contributed by atoms with Gasteiger partial charge in [-0.25, -0.2) is 0 Å². The van der Waals surface area contributed by atoms with Gasteiger partial charge in [0.1, 0.15) is 0 Å². The maximum absolute atomic E-state index is 11.7. The molecular formula is C12H17NO3. The van der Waals surface area contributed by atoms with Gasteiger partial charge in [0.25, 0.3) is 0 Å². The molecule has 0 heterocycles. The number of rotatable bonds is 3. The van der Waals surface area contributed by atoms with Gasteiger partial charge in [-0.05, 0) is 43.9 Å². The highest BCUT2D eigenvalue weighted by atomic mass is 16.4. The summed E-state index contributed by atoms with van der Waals surface area (Å²) in [6.07, 6.45) is 5.06. The number of amides is 1. The molecule has 0 aliphatic heterocycles. The zero-order valence-electron chi connectivity index (χ0n) is 9.19. The monoisotopic (exact) mass is 223 g/mol. The summed E-state index contributed by atoms with van der Waals surface area (Å²) in [6.45, 7) is 0. The SMILES string of the molecule is O=C(NC1C2CCC(C2)C1C(=O)O)C1CC1. The molecule has 3 saturated carbocycles. The fourth-order valence-corrected chi connectivity index (χ4v) is 3.48. The second-order valence-electron chi connectivity index (χ2n) is 5.51. The molecule has 0 aromatic rings. The van der Waals surface area contributed by atoms with Crippen LogP contribution in [0.15, 0.2) is 0 Å². The minimum absolute atomic E-state index is 0.0869. The molecular weight excluding hydrogens is 206 g/mol. The maximum Gasteiger partial charge on any atom is 0.308 e. The number of nitrogens with one attached hydrogen (secondary N) is 1. The number of carbonyl (C=O) groups excluding carboxylic acids is 1. The third kappa shape index (κ3) is 1.51. The first-order valence-corrected chi connectivity index (χ1v) is 6.20. The number of hydrogen-bond donors (Lipinski definition) is 2. The van der Waals surface area contributed by atoms with Crippen molar-refractivity contribution >= 4 is 11.9 Å². The Kier molecular flexibility index (Phi) is 2.19. The molecule has 3 aliphatic rings. The molecule has 4 unspecified atom stereocenters. The van der Waals surface area contributed by atoms with Crippen LogP contribution in [-0.2, 0) is 9.59 Å². The second kappa shape index (κ2) is 3.47. The van der Waals surface area contributed by atoms with Crippen LogP contribution in [0.4, 0.5) is 0 Å². The van der Waals surface area contributed by atoms with Crippen molar-refractivity contribution in [2.24, 2.45) is 23.7 Å². The molecule has 1 amide bonds. The molecule has 4 atom stereocenters. The van der Waals surface area contributed by atoms with E-state index in [0.29, 0.717) is 11.8 Å². The van der Waals surface area contributed by atoms with Gasteiger partial charge in [0.05, 0.1) is 5.92 Å². The normalized spacial score (nSPS) is 41.0. The highest BCUT2D eigenvalue weighted by molar-refractivity contribution is 5.82. The van der Waals surface area contributed by atoms with Crippen LogP contribution in [0.25, 0.3) is 0 Å². The summed E-state index contributed by atoms with van der Waals surface area (Å²) in [5.74, 6) is -0.0899. The van der Waals surface area contributed by atoms with Crippen LogP contribution < -0.4 is 5.32 Å². The Morgan fingerprint density at radius 3 is 2.38 bits per heavy atom. The molecule has 0 saturated heterocycles. The summed E-state index contributed by atoms with van der Waals surface area (Å²) in [6, 6.07) is -0.0932. The Morgan fingerprint density at radius 1 is 1.06 bits per heavy atom. The molecule has 4 heteroatoms. The van der Waals surface area contributed by atoms with Gasteiger partial charge < -0.3 is 10.4 Å². The average molecular weight is 223 g/mol. The van der Waals surface area contributed by atoms with Crippen molar-refractivity contribution in [3.63, 3.8) is 0 Å². The van der Waals surface area contributed by atoms with E-state index in [1.54, 1.807) is 0 Å². The topological polar surface area (TPSA) is 66.4 Å². The minimum Gasteiger partial charge on any atom is -0.481 e. The highest BCUT2D eigenvalue weighted by Gasteiger charge is 2.52. The van der Waals surface area contributed by atoms with E-state index >= 15 is 0 Å². The average Bonchev–Trinajstić information content (AvgIpc) is 2.90. The van der Waals surface area contributed by atoms with Crippen LogP contribution in [0.5, 0.6) is 0 Å².